The Morgan fingerprint density at radius 1 is 1.14 bits per heavy atom. The smallest absolute Gasteiger partial charge is 0.165 e. The van der Waals surface area contributed by atoms with Gasteiger partial charge in [-0.05, 0) is 67.8 Å². The first-order chi connectivity index (χ1) is 13.3. The lowest BCUT2D eigenvalue weighted by Crippen LogP contribution is -2.55. The Morgan fingerprint density at radius 3 is 2.68 bits per heavy atom. The number of fused-ring (bicyclic) bond motifs is 5. The van der Waals surface area contributed by atoms with Gasteiger partial charge in [0.15, 0.2) is 11.6 Å². The molecule has 0 aromatic rings. The van der Waals surface area contributed by atoms with Crippen LogP contribution in [-0.2, 0) is 24.2 Å². The zero-order chi connectivity index (χ0) is 20.1. The van der Waals surface area contributed by atoms with Crippen LogP contribution in [0.2, 0.25) is 0 Å². The van der Waals surface area contributed by atoms with Crippen molar-refractivity contribution in [2.24, 2.45) is 34.5 Å². The molecule has 4 rings (SSSR count). The molecular weight excluding hydrogens is 356 g/mol. The number of Topliss-reactive ketones (excluding diaryl/α,β-unsaturated/α-hetero) is 2. The van der Waals surface area contributed by atoms with Crippen molar-refractivity contribution in [2.45, 2.75) is 65.7 Å². The van der Waals surface area contributed by atoms with E-state index in [0.29, 0.717) is 37.1 Å². The molecule has 6 atom stereocenters. The Kier molecular flexibility index (Phi) is 5.11. The van der Waals surface area contributed by atoms with Gasteiger partial charge >= 0.3 is 0 Å². The second-order valence-electron chi connectivity index (χ2n) is 9.75. The van der Waals surface area contributed by atoms with E-state index in [1.807, 2.05) is 13.0 Å². The predicted molar refractivity (Wildman–Crippen MR) is 103 cm³/mol. The lowest BCUT2D eigenvalue weighted by Gasteiger charge is -2.56. The average Bonchev–Trinajstić information content (AvgIpc) is 2.98. The maximum Gasteiger partial charge on any atom is 0.165 e. The molecule has 0 heterocycles. The van der Waals surface area contributed by atoms with Crippen molar-refractivity contribution in [3.8, 4) is 0 Å². The minimum Gasteiger partial charge on any atom is -0.299 e. The summed E-state index contributed by atoms with van der Waals surface area (Å²) in [5.74, 6) is 1.18. The first kappa shape index (κ1) is 20.0. The Labute approximate surface area is 167 Å². The van der Waals surface area contributed by atoms with Crippen molar-refractivity contribution < 1.29 is 24.2 Å². The molecule has 3 unspecified atom stereocenters. The monoisotopic (exact) mass is 388 g/mol. The van der Waals surface area contributed by atoms with Crippen molar-refractivity contribution in [3.05, 3.63) is 11.6 Å². The number of carbonyl (C=O) groups is 3. The summed E-state index contributed by atoms with van der Waals surface area (Å²) in [5, 5.41) is 0. The molecule has 0 N–H and O–H groups in total. The molecule has 5 heteroatoms. The van der Waals surface area contributed by atoms with E-state index < -0.39 is 0 Å². The fourth-order valence-corrected chi connectivity index (χ4v) is 7.20. The maximum absolute atomic E-state index is 13.5. The highest BCUT2D eigenvalue weighted by Gasteiger charge is 2.63. The number of ketones is 3. The fourth-order valence-electron chi connectivity index (χ4n) is 7.20. The number of carbonyl (C=O) groups excluding carboxylic acids is 3. The lowest BCUT2D eigenvalue weighted by molar-refractivity contribution is -0.286. The number of hydrogen-bond acceptors (Lipinski definition) is 5. The largest absolute Gasteiger partial charge is 0.299 e. The van der Waals surface area contributed by atoms with E-state index in [2.05, 4.69) is 13.8 Å². The van der Waals surface area contributed by atoms with Gasteiger partial charge in [-0.15, -0.1) is 0 Å². The fraction of sp³-hybridized carbons (Fsp3) is 0.783. The Bertz CT molecular complexity index is 725. The molecule has 0 saturated heterocycles. The Morgan fingerprint density at radius 2 is 1.93 bits per heavy atom. The van der Waals surface area contributed by atoms with Gasteiger partial charge < -0.3 is 0 Å². The SMILES string of the molecule is CCOOCC(=O)[C@H]1CC[C@H]2C3CCC4=CC(=O)CCC4(C)[C@H]3C(=O)CC12C. The lowest BCUT2D eigenvalue weighted by atomic mass is 9.46. The van der Waals surface area contributed by atoms with E-state index in [1.165, 1.54) is 5.57 Å². The van der Waals surface area contributed by atoms with E-state index in [0.717, 1.165) is 32.1 Å². The Balaban J connectivity index is 1.59. The number of rotatable bonds is 5. The summed E-state index contributed by atoms with van der Waals surface area (Å²) in [4.78, 5) is 48.2. The van der Waals surface area contributed by atoms with Crippen molar-refractivity contribution in [1.29, 1.82) is 0 Å². The third kappa shape index (κ3) is 2.93. The summed E-state index contributed by atoms with van der Waals surface area (Å²) in [6, 6.07) is 0. The first-order valence-electron chi connectivity index (χ1n) is 10.8. The van der Waals surface area contributed by atoms with E-state index in [9.17, 15) is 14.4 Å². The van der Waals surface area contributed by atoms with Gasteiger partial charge in [-0.25, -0.2) is 9.78 Å². The van der Waals surface area contributed by atoms with Gasteiger partial charge in [0.05, 0.1) is 6.61 Å². The van der Waals surface area contributed by atoms with Gasteiger partial charge in [-0.2, -0.15) is 0 Å². The zero-order valence-electron chi connectivity index (χ0n) is 17.3. The second-order valence-corrected chi connectivity index (χ2v) is 9.75. The zero-order valence-corrected chi connectivity index (χ0v) is 17.3. The molecule has 4 aliphatic rings. The average molecular weight is 389 g/mol. The second kappa shape index (κ2) is 7.17. The molecule has 4 aliphatic carbocycles. The third-order valence-corrected chi connectivity index (χ3v) is 8.44. The molecule has 0 aromatic carbocycles. The molecule has 0 radical (unpaired) electrons. The summed E-state index contributed by atoms with van der Waals surface area (Å²) in [6.07, 6.45) is 7.35. The summed E-state index contributed by atoms with van der Waals surface area (Å²) in [5.41, 5.74) is 0.750. The van der Waals surface area contributed by atoms with Crippen LogP contribution < -0.4 is 0 Å². The van der Waals surface area contributed by atoms with Crippen molar-refractivity contribution in [3.63, 3.8) is 0 Å². The van der Waals surface area contributed by atoms with Gasteiger partial charge in [-0.3, -0.25) is 14.4 Å². The molecule has 0 spiro atoms. The van der Waals surface area contributed by atoms with Crippen LogP contribution in [0.3, 0.4) is 0 Å². The van der Waals surface area contributed by atoms with E-state index in [4.69, 9.17) is 9.78 Å². The van der Waals surface area contributed by atoms with E-state index >= 15 is 0 Å². The Hall–Kier alpha value is -1.33. The van der Waals surface area contributed by atoms with Gasteiger partial charge in [-0.1, -0.05) is 19.4 Å². The molecule has 0 amide bonds. The third-order valence-electron chi connectivity index (χ3n) is 8.44. The van der Waals surface area contributed by atoms with Crippen LogP contribution in [0.4, 0.5) is 0 Å². The van der Waals surface area contributed by atoms with Crippen LogP contribution in [-0.4, -0.2) is 30.6 Å². The van der Waals surface area contributed by atoms with Gasteiger partial charge in [0.2, 0.25) is 0 Å². The van der Waals surface area contributed by atoms with Crippen molar-refractivity contribution >= 4 is 17.3 Å². The topological polar surface area (TPSA) is 69.7 Å². The van der Waals surface area contributed by atoms with Gasteiger partial charge in [0.1, 0.15) is 12.4 Å². The molecule has 3 saturated carbocycles. The molecular formula is C23H32O5. The molecule has 0 aliphatic heterocycles. The summed E-state index contributed by atoms with van der Waals surface area (Å²) >= 11 is 0. The molecule has 28 heavy (non-hydrogen) atoms. The van der Waals surface area contributed by atoms with Crippen LogP contribution in [0, 0.1) is 34.5 Å². The normalized spacial score (nSPS) is 42.5. The highest BCUT2D eigenvalue weighted by molar-refractivity contribution is 5.93. The van der Waals surface area contributed by atoms with Crippen LogP contribution in [0.15, 0.2) is 11.6 Å². The standard InChI is InChI=1S/C23H32O5/c1-4-27-28-13-20(26)18-8-7-17-16-6-5-14-11-15(24)9-10-22(14,2)21(16)19(25)12-23(17,18)3/h11,16-18,21H,4-10,12-13H2,1-3H3/t16?,17-,18+,21+,22?,23?/m0/s1. The predicted octanol–water partition coefficient (Wildman–Crippen LogP) is 3.85. The summed E-state index contributed by atoms with van der Waals surface area (Å²) < 4.78 is 0. The highest BCUT2D eigenvalue weighted by atomic mass is 17.2. The number of allylic oxidation sites excluding steroid dienone is 1. The quantitative estimate of drug-likeness (QED) is 0.406. The first-order valence-corrected chi connectivity index (χ1v) is 10.8. The van der Waals surface area contributed by atoms with Gasteiger partial charge in [0.25, 0.3) is 0 Å². The molecule has 0 aromatic heterocycles. The minimum absolute atomic E-state index is 0.00667. The van der Waals surface area contributed by atoms with E-state index in [1.54, 1.807) is 0 Å². The van der Waals surface area contributed by atoms with Crippen LogP contribution in [0.25, 0.3) is 0 Å². The number of hydrogen-bond donors (Lipinski definition) is 0. The summed E-state index contributed by atoms with van der Waals surface area (Å²) in [7, 11) is 0. The highest BCUT2D eigenvalue weighted by Crippen LogP contribution is 2.65. The maximum atomic E-state index is 13.5. The van der Waals surface area contributed by atoms with E-state index in [-0.39, 0.29) is 40.8 Å². The minimum atomic E-state index is -0.271. The molecule has 5 nitrogen and oxygen atoms in total. The van der Waals surface area contributed by atoms with Crippen LogP contribution >= 0.6 is 0 Å². The summed E-state index contributed by atoms with van der Waals surface area (Å²) in [6.45, 7) is 6.56. The van der Waals surface area contributed by atoms with Crippen molar-refractivity contribution in [1.82, 2.24) is 0 Å². The molecule has 3 fully saturated rings. The molecule has 0 bridgehead atoms. The molecule has 154 valence electrons. The van der Waals surface area contributed by atoms with Crippen molar-refractivity contribution in [2.75, 3.05) is 13.2 Å². The van der Waals surface area contributed by atoms with Crippen LogP contribution in [0.1, 0.15) is 65.7 Å². The van der Waals surface area contributed by atoms with Crippen LogP contribution in [0.5, 0.6) is 0 Å². The van der Waals surface area contributed by atoms with Gasteiger partial charge in [0, 0.05) is 24.7 Å².